The maximum atomic E-state index is 12.3. The molecule has 0 fully saturated rings. The van der Waals surface area contributed by atoms with Gasteiger partial charge in [0.2, 0.25) is 5.91 Å². The van der Waals surface area contributed by atoms with Crippen LogP contribution in [0.1, 0.15) is 23.1 Å². The molecule has 3 rings (SSSR count). The van der Waals surface area contributed by atoms with Crippen LogP contribution in [0.15, 0.2) is 30.3 Å². The molecular weight excluding hydrogens is 364 g/mol. The maximum Gasteiger partial charge on any atom is 0.225 e. The summed E-state index contributed by atoms with van der Waals surface area (Å²) >= 11 is 6.01. The molecule has 27 heavy (non-hydrogen) atoms. The van der Waals surface area contributed by atoms with Crippen LogP contribution in [0, 0.1) is 6.92 Å². The summed E-state index contributed by atoms with van der Waals surface area (Å²) in [7, 11) is 3.30. The van der Waals surface area contributed by atoms with E-state index in [1.807, 2.05) is 25.1 Å². The Morgan fingerprint density at radius 1 is 1.15 bits per heavy atom. The van der Waals surface area contributed by atoms with Crippen LogP contribution in [0.3, 0.4) is 0 Å². The third-order valence-electron chi connectivity index (χ3n) is 4.93. The van der Waals surface area contributed by atoms with E-state index in [1.165, 1.54) is 11.1 Å². The summed E-state index contributed by atoms with van der Waals surface area (Å²) in [6.45, 7) is 4.39. The molecule has 0 radical (unpaired) electrons. The average molecular weight is 389 g/mol. The van der Waals surface area contributed by atoms with E-state index in [9.17, 15) is 4.79 Å². The number of aryl methyl sites for hydroxylation is 1. The van der Waals surface area contributed by atoms with Gasteiger partial charge in [-0.05, 0) is 54.3 Å². The van der Waals surface area contributed by atoms with E-state index in [4.69, 9.17) is 21.1 Å². The third kappa shape index (κ3) is 4.73. The Labute approximate surface area is 165 Å². The molecule has 1 aliphatic heterocycles. The van der Waals surface area contributed by atoms with E-state index in [1.54, 1.807) is 20.3 Å². The Balaban J connectivity index is 1.58. The summed E-state index contributed by atoms with van der Waals surface area (Å²) in [5.74, 6) is 1.51. The Morgan fingerprint density at radius 2 is 1.85 bits per heavy atom. The van der Waals surface area contributed by atoms with Crippen LogP contribution in [0.25, 0.3) is 0 Å². The van der Waals surface area contributed by atoms with Crippen LogP contribution in [0.2, 0.25) is 5.02 Å². The molecule has 1 aliphatic rings. The lowest BCUT2D eigenvalue weighted by atomic mass is 9.98. The molecule has 0 saturated heterocycles. The van der Waals surface area contributed by atoms with E-state index in [2.05, 4.69) is 16.3 Å². The predicted octanol–water partition coefficient (Wildman–Crippen LogP) is 4.05. The van der Waals surface area contributed by atoms with E-state index in [0.29, 0.717) is 18.0 Å². The molecule has 2 aromatic rings. The molecule has 0 aliphatic carbocycles. The summed E-state index contributed by atoms with van der Waals surface area (Å²) in [5.41, 5.74) is 4.28. The Bertz CT molecular complexity index is 838. The van der Waals surface area contributed by atoms with Crippen molar-refractivity contribution in [2.45, 2.75) is 26.3 Å². The highest BCUT2D eigenvalue weighted by Crippen LogP contribution is 2.33. The molecule has 2 aromatic carbocycles. The molecule has 1 amide bonds. The first-order valence-electron chi connectivity index (χ1n) is 9.02. The zero-order valence-corrected chi connectivity index (χ0v) is 16.7. The van der Waals surface area contributed by atoms with E-state index >= 15 is 0 Å². The van der Waals surface area contributed by atoms with Crippen LogP contribution in [0.4, 0.5) is 5.69 Å². The number of amides is 1. The van der Waals surface area contributed by atoms with Crippen LogP contribution >= 0.6 is 11.6 Å². The van der Waals surface area contributed by atoms with Crippen LogP contribution in [0.5, 0.6) is 11.5 Å². The molecule has 144 valence electrons. The zero-order valence-electron chi connectivity index (χ0n) is 16.0. The number of anilines is 1. The summed E-state index contributed by atoms with van der Waals surface area (Å²) in [5, 5.41) is 3.57. The topological polar surface area (TPSA) is 50.8 Å². The second kappa shape index (κ2) is 8.63. The smallest absolute Gasteiger partial charge is 0.225 e. The average Bonchev–Trinajstić information content (AvgIpc) is 2.67. The third-order valence-corrected chi connectivity index (χ3v) is 5.16. The number of halogens is 1. The van der Waals surface area contributed by atoms with Gasteiger partial charge in [0.25, 0.3) is 0 Å². The summed E-state index contributed by atoms with van der Waals surface area (Å²) in [6.07, 6.45) is 1.37. The number of benzene rings is 2. The second-order valence-electron chi connectivity index (χ2n) is 6.76. The first kappa shape index (κ1) is 19.5. The predicted molar refractivity (Wildman–Crippen MR) is 108 cm³/mol. The van der Waals surface area contributed by atoms with Crippen molar-refractivity contribution in [3.05, 3.63) is 52.0 Å². The minimum absolute atomic E-state index is 0.00141. The molecule has 0 aromatic heterocycles. The lowest BCUT2D eigenvalue weighted by Gasteiger charge is -2.29. The van der Waals surface area contributed by atoms with Crippen molar-refractivity contribution in [2.24, 2.45) is 0 Å². The van der Waals surface area contributed by atoms with Gasteiger partial charge in [-0.3, -0.25) is 9.69 Å². The van der Waals surface area contributed by atoms with Crippen LogP contribution < -0.4 is 14.8 Å². The number of rotatable bonds is 6. The first-order chi connectivity index (χ1) is 13.0. The van der Waals surface area contributed by atoms with Crippen molar-refractivity contribution in [3.8, 4) is 11.5 Å². The molecule has 1 heterocycles. The number of ether oxygens (including phenoxy) is 2. The summed E-state index contributed by atoms with van der Waals surface area (Å²) < 4.78 is 10.8. The van der Waals surface area contributed by atoms with Crippen LogP contribution in [-0.2, 0) is 17.8 Å². The molecule has 0 bridgehead atoms. The number of hydrogen-bond donors (Lipinski definition) is 1. The standard InChI is InChI=1S/C21H25ClN2O3/c1-14-4-5-17(22)12-18(14)23-21(25)7-9-24-8-6-15-10-19(26-2)20(27-3)11-16(15)13-24/h4-5,10-12H,6-9,13H2,1-3H3,(H,23,25). The monoisotopic (exact) mass is 388 g/mol. The fraction of sp³-hybridized carbons (Fsp3) is 0.381. The Morgan fingerprint density at radius 3 is 2.56 bits per heavy atom. The fourth-order valence-corrected chi connectivity index (χ4v) is 3.51. The van der Waals surface area contributed by atoms with Gasteiger partial charge in [0.1, 0.15) is 0 Å². The minimum Gasteiger partial charge on any atom is -0.493 e. The van der Waals surface area contributed by atoms with Crippen molar-refractivity contribution < 1.29 is 14.3 Å². The molecule has 1 N–H and O–H groups in total. The fourth-order valence-electron chi connectivity index (χ4n) is 3.33. The van der Waals surface area contributed by atoms with Crippen molar-refractivity contribution in [1.29, 1.82) is 0 Å². The normalized spacial score (nSPS) is 13.8. The molecule has 0 atom stereocenters. The highest BCUT2D eigenvalue weighted by atomic mass is 35.5. The number of carbonyl (C=O) groups is 1. The molecule has 0 unspecified atom stereocenters. The number of nitrogens with one attached hydrogen (secondary N) is 1. The van der Waals surface area contributed by atoms with Crippen molar-refractivity contribution in [3.63, 3.8) is 0 Å². The van der Waals surface area contributed by atoms with Gasteiger partial charge < -0.3 is 14.8 Å². The summed E-state index contributed by atoms with van der Waals surface area (Å²) in [4.78, 5) is 14.6. The highest BCUT2D eigenvalue weighted by Gasteiger charge is 2.20. The van der Waals surface area contributed by atoms with Crippen LogP contribution in [-0.4, -0.2) is 38.1 Å². The zero-order chi connectivity index (χ0) is 19.4. The van der Waals surface area contributed by atoms with Gasteiger partial charge in [0, 0.05) is 36.8 Å². The van der Waals surface area contributed by atoms with E-state index < -0.39 is 0 Å². The first-order valence-corrected chi connectivity index (χ1v) is 9.40. The summed E-state index contributed by atoms with van der Waals surface area (Å²) in [6, 6.07) is 9.60. The lowest BCUT2D eigenvalue weighted by molar-refractivity contribution is -0.116. The number of fused-ring (bicyclic) bond motifs is 1. The number of hydrogen-bond acceptors (Lipinski definition) is 4. The van der Waals surface area contributed by atoms with Gasteiger partial charge in [-0.2, -0.15) is 0 Å². The van der Waals surface area contributed by atoms with Crippen molar-refractivity contribution >= 4 is 23.2 Å². The lowest BCUT2D eigenvalue weighted by Crippen LogP contribution is -2.33. The minimum atomic E-state index is -0.00141. The van der Waals surface area contributed by atoms with Gasteiger partial charge >= 0.3 is 0 Å². The van der Waals surface area contributed by atoms with Gasteiger partial charge in [0.15, 0.2) is 11.5 Å². The largest absolute Gasteiger partial charge is 0.493 e. The quantitative estimate of drug-likeness (QED) is 0.811. The Hall–Kier alpha value is -2.24. The number of carbonyl (C=O) groups excluding carboxylic acids is 1. The second-order valence-corrected chi connectivity index (χ2v) is 7.20. The number of nitrogens with zero attached hydrogens (tertiary/aromatic N) is 1. The van der Waals surface area contributed by atoms with E-state index in [0.717, 1.165) is 42.3 Å². The SMILES string of the molecule is COc1cc2c(cc1OC)CN(CCC(=O)Nc1cc(Cl)ccc1C)CC2. The maximum absolute atomic E-state index is 12.3. The van der Waals surface area contributed by atoms with Crippen molar-refractivity contribution in [1.82, 2.24) is 4.90 Å². The molecule has 5 nitrogen and oxygen atoms in total. The molecule has 0 spiro atoms. The number of methoxy groups -OCH3 is 2. The molecular formula is C21H25ClN2O3. The molecule has 0 saturated carbocycles. The van der Waals surface area contributed by atoms with E-state index in [-0.39, 0.29) is 5.91 Å². The molecule has 6 heteroatoms. The van der Waals surface area contributed by atoms with Gasteiger partial charge in [-0.25, -0.2) is 0 Å². The van der Waals surface area contributed by atoms with Gasteiger partial charge in [-0.15, -0.1) is 0 Å². The van der Waals surface area contributed by atoms with Gasteiger partial charge in [0.05, 0.1) is 14.2 Å². The van der Waals surface area contributed by atoms with Gasteiger partial charge in [-0.1, -0.05) is 17.7 Å². The highest BCUT2D eigenvalue weighted by molar-refractivity contribution is 6.31. The van der Waals surface area contributed by atoms with Crippen molar-refractivity contribution in [2.75, 3.05) is 32.6 Å². The Kier molecular flexibility index (Phi) is 6.24.